The molecule has 6 heteroatoms. The molecule has 0 radical (unpaired) electrons. The van der Waals surface area contributed by atoms with Crippen LogP contribution in [0.3, 0.4) is 0 Å². The second-order valence-corrected chi connectivity index (χ2v) is 15.3. The molecule has 1 unspecified atom stereocenters. The molecule has 0 fully saturated rings. The zero-order chi connectivity index (χ0) is 25.4. The summed E-state index contributed by atoms with van der Waals surface area (Å²) in [5.41, 5.74) is 3.45. The van der Waals surface area contributed by atoms with Crippen molar-refractivity contribution in [2.75, 3.05) is 0 Å². The lowest BCUT2D eigenvalue weighted by Crippen LogP contribution is -2.42. The number of benzene rings is 3. The summed E-state index contributed by atoms with van der Waals surface area (Å²) in [6, 6.07) is 21.3. The molecule has 0 saturated heterocycles. The van der Waals surface area contributed by atoms with Crippen LogP contribution in [-0.4, -0.2) is 25.2 Å². The van der Waals surface area contributed by atoms with E-state index < -0.39 is 26.5 Å². The van der Waals surface area contributed by atoms with Crippen LogP contribution in [0.25, 0.3) is 21.9 Å². The first-order valence-electron chi connectivity index (χ1n) is 11.9. The first kappa shape index (κ1) is 24.9. The molecule has 0 spiro atoms. The lowest BCUT2D eigenvalue weighted by molar-refractivity contribution is -0.135. The maximum absolute atomic E-state index is 13.3. The SMILES string of the molecule is CC(C)(C)[Si](C)(C)OC(Cc1ccc2oc3ccccc3c2c1C(=O)CC(=O)O)c1ccccc1. The number of carboxylic acids is 1. The lowest BCUT2D eigenvalue weighted by atomic mass is 9.91. The molecule has 1 heterocycles. The number of carbonyl (C=O) groups is 2. The zero-order valence-electron chi connectivity index (χ0n) is 20.9. The van der Waals surface area contributed by atoms with Gasteiger partial charge in [0.1, 0.15) is 17.6 Å². The second-order valence-electron chi connectivity index (χ2n) is 10.5. The van der Waals surface area contributed by atoms with E-state index in [4.69, 9.17) is 8.84 Å². The number of carbonyl (C=O) groups excluding carboxylic acids is 1. The molecule has 4 aromatic rings. The van der Waals surface area contributed by atoms with Gasteiger partial charge in [0.05, 0.1) is 6.10 Å². The van der Waals surface area contributed by atoms with Crippen molar-refractivity contribution in [3.8, 4) is 0 Å². The van der Waals surface area contributed by atoms with Crippen LogP contribution in [0.2, 0.25) is 18.1 Å². The molecule has 1 aromatic heterocycles. The van der Waals surface area contributed by atoms with Crippen LogP contribution in [-0.2, 0) is 15.6 Å². The smallest absolute Gasteiger partial charge is 0.311 e. The fourth-order valence-electron chi connectivity index (χ4n) is 4.20. The predicted octanol–water partition coefficient (Wildman–Crippen LogP) is 7.55. The number of aliphatic carboxylic acids is 1. The number of carboxylic acid groups (broad SMARTS) is 1. The summed E-state index contributed by atoms with van der Waals surface area (Å²) >= 11 is 0. The van der Waals surface area contributed by atoms with Gasteiger partial charge < -0.3 is 13.9 Å². The summed E-state index contributed by atoms with van der Waals surface area (Å²) in [4.78, 5) is 24.8. The maximum atomic E-state index is 13.3. The van der Waals surface area contributed by atoms with Crippen molar-refractivity contribution in [3.63, 3.8) is 0 Å². The van der Waals surface area contributed by atoms with Gasteiger partial charge >= 0.3 is 5.97 Å². The molecular weight excluding hydrogens is 456 g/mol. The highest BCUT2D eigenvalue weighted by Crippen LogP contribution is 2.42. The summed E-state index contributed by atoms with van der Waals surface area (Å²) in [5, 5.41) is 10.9. The van der Waals surface area contributed by atoms with E-state index in [1.54, 1.807) is 0 Å². The molecule has 0 aliphatic rings. The molecule has 1 N–H and O–H groups in total. The van der Waals surface area contributed by atoms with Crippen LogP contribution in [0.1, 0.15) is 54.8 Å². The number of Topliss-reactive ketones (excluding diaryl/α,β-unsaturated/α-hetero) is 1. The van der Waals surface area contributed by atoms with Crippen molar-refractivity contribution in [3.05, 3.63) is 83.4 Å². The van der Waals surface area contributed by atoms with Crippen molar-refractivity contribution in [2.45, 2.75) is 57.8 Å². The third kappa shape index (κ3) is 5.09. The number of hydrogen-bond acceptors (Lipinski definition) is 4. The minimum atomic E-state index is -2.16. The molecule has 0 amide bonds. The minimum Gasteiger partial charge on any atom is -0.481 e. The van der Waals surface area contributed by atoms with Gasteiger partial charge in [-0.25, -0.2) is 0 Å². The molecule has 4 rings (SSSR count). The molecule has 0 aliphatic heterocycles. The average Bonchev–Trinajstić information content (AvgIpc) is 3.16. The van der Waals surface area contributed by atoms with E-state index in [1.807, 2.05) is 66.7 Å². The maximum Gasteiger partial charge on any atom is 0.311 e. The third-order valence-electron chi connectivity index (χ3n) is 7.04. The Kier molecular flexibility index (Phi) is 6.71. The van der Waals surface area contributed by atoms with E-state index in [-0.39, 0.29) is 11.1 Å². The van der Waals surface area contributed by atoms with E-state index in [0.29, 0.717) is 28.5 Å². The van der Waals surface area contributed by atoms with Gasteiger partial charge in [0.25, 0.3) is 0 Å². The van der Waals surface area contributed by atoms with Gasteiger partial charge in [-0.15, -0.1) is 0 Å². The highest BCUT2D eigenvalue weighted by atomic mass is 28.4. The summed E-state index contributed by atoms with van der Waals surface area (Å²) in [7, 11) is -2.16. The van der Waals surface area contributed by atoms with E-state index in [0.717, 1.165) is 16.5 Å². The molecule has 0 bridgehead atoms. The standard InChI is InChI=1S/C29H32O5Si/c1-29(2,3)35(4,5)34-25(19-11-7-6-8-12-19)17-20-15-16-24-28(27(20)22(30)18-26(31)32)21-13-9-10-14-23(21)33-24/h6-16,25H,17-18H2,1-5H3,(H,31,32). The van der Waals surface area contributed by atoms with Crippen molar-refractivity contribution in [1.82, 2.24) is 0 Å². The summed E-state index contributed by atoms with van der Waals surface area (Å²) in [6.07, 6.45) is -0.402. The number of furan rings is 1. The van der Waals surface area contributed by atoms with Crippen molar-refractivity contribution in [2.24, 2.45) is 0 Å². The second kappa shape index (κ2) is 9.44. The largest absolute Gasteiger partial charge is 0.481 e. The van der Waals surface area contributed by atoms with Crippen LogP contribution < -0.4 is 0 Å². The fraction of sp³-hybridized carbons (Fsp3) is 0.310. The molecule has 35 heavy (non-hydrogen) atoms. The first-order chi connectivity index (χ1) is 16.5. The van der Waals surface area contributed by atoms with E-state index in [9.17, 15) is 14.7 Å². The zero-order valence-corrected chi connectivity index (χ0v) is 21.9. The lowest BCUT2D eigenvalue weighted by Gasteiger charge is -2.39. The van der Waals surface area contributed by atoms with Crippen LogP contribution in [0.15, 0.2) is 71.1 Å². The van der Waals surface area contributed by atoms with Crippen LogP contribution >= 0.6 is 0 Å². The number of para-hydroxylation sites is 1. The van der Waals surface area contributed by atoms with Crippen molar-refractivity contribution < 1.29 is 23.5 Å². The molecule has 182 valence electrons. The van der Waals surface area contributed by atoms with Gasteiger partial charge in [0, 0.05) is 22.8 Å². The fourth-order valence-corrected chi connectivity index (χ4v) is 5.49. The summed E-state index contributed by atoms with van der Waals surface area (Å²) in [5.74, 6) is -1.58. The Balaban J connectivity index is 1.88. The number of ketones is 1. The minimum absolute atomic E-state index is 0.00665. The van der Waals surface area contributed by atoms with Gasteiger partial charge in [-0.1, -0.05) is 75.4 Å². The molecule has 0 saturated carbocycles. The highest BCUT2D eigenvalue weighted by Gasteiger charge is 2.39. The molecular formula is C29H32O5Si. The highest BCUT2D eigenvalue weighted by molar-refractivity contribution is 6.74. The molecule has 5 nitrogen and oxygen atoms in total. The molecule has 0 aliphatic carbocycles. The Morgan fingerprint density at radius 1 is 0.943 bits per heavy atom. The van der Waals surface area contributed by atoms with E-state index in [1.165, 1.54) is 0 Å². The first-order valence-corrected chi connectivity index (χ1v) is 14.8. The van der Waals surface area contributed by atoms with Gasteiger partial charge in [-0.05, 0) is 41.4 Å². The van der Waals surface area contributed by atoms with Crippen LogP contribution in [0.5, 0.6) is 0 Å². The quantitative estimate of drug-likeness (QED) is 0.157. The number of hydrogen-bond donors (Lipinski definition) is 1. The topological polar surface area (TPSA) is 76.7 Å². The Hall–Kier alpha value is -3.22. The Bertz CT molecular complexity index is 1380. The Morgan fingerprint density at radius 2 is 1.60 bits per heavy atom. The summed E-state index contributed by atoms with van der Waals surface area (Å²) in [6.45, 7) is 11.0. The van der Waals surface area contributed by atoms with Crippen LogP contribution in [0.4, 0.5) is 0 Å². The normalized spacial score (nSPS) is 13.3. The van der Waals surface area contributed by atoms with Crippen LogP contribution in [0, 0.1) is 0 Å². The predicted molar refractivity (Wildman–Crippen MR) is 141 cm³/mol. The Morgan fingerprint density at radius 3 is 2.26 bits per heavy atom. The monoisotopic (exact) mass is 488 g/mol. The van der Waals surface area contributed by atoms with Gasteiger partial charge in [-0.3, -0.25) is 9.59 Å². The summed E-state index contributed by atoms with van der Waals surface area (Å²) < 4.78 is 12.9. The van der Waals surface area contributed by atoms with Gasteiger partial charge in [0.15, 0.2) is 14.1 Å². The molecule has 1 atom stereocenters. The van der Waals surface area contributed by atoms with Gasteiger partial charge in [0.2, 0.25) is 0 Å². The Labute approximate surface area is 206 Å². The van der Waals surface area contributed by atoms with Crippen molar-refractivity contribution in [1.29, 1.82) is 0 Å². The number of rotatable bonds is 8. The van der Waals surface area contributed by atoms with E-state index in [2.05, 4.69) is 33.9 Å². The van der Waals surface area contributed by atoms with E-state index >= 15 is 0 Å². The van der Waals surface area contributed by atoms with Crippen molar-refractivity contribution >= 4 is 42.0 Å². The number of fused-ring (bicyclic) bond motifs is 3. The third-order valence-corrected chi connectivity index (χ3v) is 11.5. The van der Waals surface area contributed by atoms with Gasteiger partial charge in [-0.2, -0.15) is 0 Å². The molecule has 3 aromatic carbocycles. The average molecular weight is 489 g/mol.